The third-order valence-electron chi connectivity index (χ3n) is 6.04. The summed E-state index contributed by atoms with van der Waals surface area (Å²) in [4.78, 5) is 28.3. The van der Waals surface area contributed by atoms with E-state index in [0.29, 0.717) is 18.6 Å². The van der Waals surface area contributed by atoms with Crippen molar-refractivity contribution in [3.05, 3.63) is 59.9 Å². The Kier molecular flexibility index (Phi) is 10.9. The summed E-state index contributed by atoms with van der Waals surface area (Å²) in [6.45, 7) is 4.93. The number of carbonyl (C=O) groups is 2. The molecule has 0 aliphatic heterocycles. The molecular weight excluding hydrogens is 499 g/mol. The van der Waals surface area contributed by atoms with Crippen LogP contribution in [-0.4, -0.2) is 69.3 Å². The number of para-hydroxylation sites is 1. The van der Waals surface area contributed by atoms with Crippen molar-refractivity contribution in [3.8, 4) is 5.75 Å². The second kappa shape index (κ2) is 13.4. The molecule has 0 heterocycles. The van der Waals surface area contributed by atoms with Crippen LogP contribution in [0.1, 0.15) is 39.2 Å². The lowest BCUT2D eigenvalue weighted by Crippen LogP contribution is -2.54. The van der Waals surface area contributed by atoms with Crippen molar-refractivity contribution < 1.29 is 27.1 Å². The van der Waals surface area contributed by atoms with Crippen LogP contribution < -0.4 is 14.4 Å². The second-order valence-corrected chi connectivity index (χ2v) is 10.9. The van der Waals surface area contributed by atoms with Crippen LogP contribution in [-0.2, 0) is 26.3 Å². The highest BCUT2D eigenvalue weighted by Crippen LogP contribution is 2.24. The average molecular weight is 537 g/mol. The number of nitrogens with one attached hydrogen (secondary N) is 1. The minimum Gasteiger partial charge on any atom is -0.497 e. The maximum absolute atomic E-state index is 14.7. The van der Waals surface area contributed by atoms with E-state index >= 15 is 0 Å². The maximum Gasteiger partial charge on any atom is 0.304 e. The van der Waals surface area contributed by atoms with Gasteiger partial charge in [0.2, 0.25) is 11.8 Å². The van der Waals surface area contributed by atoms with Gasteiger partial charge in [-0.2, -0.15) is 12.7 Å². The molecule has 0 aromatic heterocycles. The van der Waals surface area contributed by atoms with Crippen molar-refractivity contribution in [2.75, 3.05) is 32.1 Å². The van der Waals surface area contributed by atoms with Gasteiger partial charge in [0.1, 0.15) is 24.2 Å². The van der Waals surface area contributed by atoms with Crippen LogP contribution >= 0.6 is 0 Å². The first-order valence-electron chi connectivity index (χ1n) is 12.1. The molecule has 0 saturated heterocycles. The third-order valence-corrected chi connectivity index (χ3v) is 7.84. The maximum atomic E-state index is 14.7. The van der Waals surface area contributed by atoms with E-state index in [1.165, 1.54) is 37.2 Å². The molecule has 1 N–H and O–H groups in total. The molecule has 9 nitrogen and oxygen atoms in total. The molecule has 0 spiro atoms. The number of halogens is 1. The largest absolute Gasteiger partial charge is 0.497 e. The van der Waals surface area contributed by atoms with Crippen molar-refractivity contribution in [3.63, 3.8) is 0 Å². The van der Waals surface area contributed by atoms with Gasteiger partial charge in [-0.05, 0) is 49.6 Å². The lowest BCUT2D eigenvalue weighted by molar-refractivity contribution is -0.140. The smallest absolute Gasteiger partial charge is 0.304 e. The van der Waals surface area contributed by atoms with Crippen LogP contribution in [0.15, 0.2) is 48.5 Å². The fourth-order valence-electron chi connectivity index (χ4n) is 3.64. The molecule has 0 aliphatic rings. The Balaban J connectivity index is 2.51. The van der Waals surface area contributed by atoms with Gasteiger partial charge in [-0.25, -0.2) is 8.70 Å². The number of ether oxygens (including phenoxy) is 1. The van der Waals surface area contributed by atoms with Crippen molar-refractivity contribution in [1.82, 2.24) is 14.5 Å². The molecule has 0 saturated carbocycles. The lowest BCUT2D eigenvalue weighted by atomic mass is 10.1. The van der Waals surface area contributed by atoms with Crippen molar-refractivity contribution in [2.24, 2.45) is 0 Å². The topological polar surface area (TPSA) is 99.3 Å². The Bertz CT molecular complexity index is 1160. The van der Waals surface area contributed by atoms with E-state index in [0.717, 1.165) is 20.2 Å². The van der Waals surface area contributed by atoms with Crippen LogP contribution in [0.3, 0.4) is 0 Å². The first-order valence-corrected chi connectivity index (χ1v) is 13.5. The fourth-order valence-corrected chi connectivity index (χ4v) is 4.71. The van der Waals surface area contributed by atoms with Gasteiger partial charge >= 0.3 is 10.2 Å². The zero-order valence-corrected chi connectivity index (χ0v) is 23.1. The number of amides is 2. The van der Waals surface area contributed by atoms with Crippen molar-refractivity contribution >= 4 is 27.7 Å². The normalized spacial score (nSPS) is 13.1. The Morgan fingerprint density at radius 1 is 1.03 bits per heavy atom. The van der Waals surface area contributed by atoms with Gasteiger partial charge in [0, 0.05) is 26.7 Å². The summed E-state index contributed by atoms with van der Waals surface area (Å²) in [5.41, 5.74) is 0.461. The Morgan fingerprint density at radius 3 is 2.16 bits per heavy atom. The summed E-state index contributed by atoms with van der Waals surface area (Å²) >= 11 is 0. The monoisotopic (exact) mass is 536 g/mol. The molecule has 2 aromatic carbocycles. The molecule has 2 atom stereocenters. The molecule has 2 rings (SSSR count). The number of methoxy groups -OCH3 is 1. The van der Waals surface area contributed by atoms with Gasteiger partial charge < -0.3 is 15.0 Å². The van der Waals surface area contributed by atoms with E-state index in [9.17, 15) is 22.4 Å². The molecule has 0 radical (unpaired) electrons. The molecule has 2 amide bonds. The molecular formula is C26H37FN4O5S. The van der Waals surface area contributed by atoms with E-state index < -0.39 is 34.5 Å². The molecule has 0 unspecified atom stereocenters. The summed E-state index contributed by atoms with van der Waals surface area (Å²) in [6.07, 6.45) is 1.00. The van der Waals surface area contributed by atoms with E-state index in [2.05, 4.69) is 5.32 Å². The van der Waals surface area contributed by atoms with Crippen LogP contribution in [0.4, 0.5) is 10.1 Å². The van der Waals surface area contributed by atoms with Gasteiger partial charge in [-0.15, -0.1) is 0 Å². The molecule has 204 valence electrons. The third kappa shape index (κ3) is 7.65. The molecule has 11 heteroatoms. The van der Waals surface area contributed by atoms with E-state index in [-0.39, 0.29) is 24.2 Å². The van der Waals surface area contributed by atoms with E-state index in [4.69, 9.17) is 4.74 Å². The summed E-state index contributed by atoms with van der Waals surface area (Å²) < 4.78 is 47.8. The first-order chi connectivity index (χ1) is 17.5. The van der Waals surface area contributed by atoms with Gasteiger partial charge in [0.05, 0.1) is 12.8 Å². The molecule has 37 heavy (non-hydrogen) atoms. The number of benzene rings is 2. The Labute approximate surface area is 219 Å². The van der Waals surface area contributed by atoms with Gasteiger partial charge in [0.15, 0.2) is 0 Å². The van der Waals surface area contributed by atoms with Crippen molar-refractivity contribution in [2.45, 2.75) is 52.2 Å². The quantitative estimate of drug-likeness (QED) is 0.424. The summed E-state index contributed by atoms with van der Waals surface area (Å²) in [5, 5.41) is 2.91. The highest BCUT2D eigenvalue weighted by molar-refractivity contribution is 7.90. The highest BCUT2D eigenvalue weighted by Gasteiger charge is 2.34. The zero-order chi connectivity index (χ0) is 27.8. The standard InChI is InChI=1S/C26H37FN4O5S/c1-7-19(3)28-26(33)23(8-2)30(17-20-13-15-21(36-6)16-14-20)25(32)18-31(37(34,35)29(4)5)24-12-10-9-11-22(24)27/h9-16,19,23H,7-8,17-18H2,1-6H3,(H,28,33)/t19-,23-/m1/s1. The molecule has 0 bridgehead atoms. The highest BCUT2D eigenvalue weighted by atomic mass is 32.2. The van der Waals surface area contributed by atoms with Gasteiger partial charge in [0.25, 0.3) is 0 Å². The fraction of sp³-hybridized carbons (Fsp3) is 0.462. The van der Waals surface area contributed by atoms with Crippen LogP contribution in [0.5, 0.6) is 5.75 Å². The first kappa shape index (κ1) is 30.0. The minimum absolute atomic E-state index is 0.0440. The van der Waals surface area contributed by atoms with Crippen molar-refractivity contribution in [1.29, 1.82) is 0 Å². The number of hydrogen-bond acceptors (Lipinski definition) is 5. The van der Waals surface area contributed by atoms with E-state index in [1.807, 2.05) is 13.8 Å². The van der Waals surface area contributed by atoms with Crippen LogP contribution in [0, 0.1) is 5.82 Å². The number of rotatable bonds is 13. The Hall–Kier alpha value is -3.18. The average Bonchev–Trinajstić information content (AvgIpc) is 2.87. The van der Waals surface area contributed by atoms with E-state index in [1.54, 1.807) is 38.3 Å². The number of hydrogen-bond donors (Lipinski definition) is 1. The molecule has 0 aliphatic carbocycles. The van der Waals surface area contributed by atoms with Gasteiger partial charge in [-0.1, -0.05) is 38.1 Å². The van der Waals surface area contributed by atoms with Gasteiger partial charge in [-0.3, -0.25) is 9.59 Å². The van der Waals surface area contributed by atoms with Crippen LogP contribution in [0.2, 0.25) is 0 Å². The number of nitrogens with zero attached hydrogens (tertiary/aromatic N) is 3. The molecule has 2 aromatic rings. The number of anilines is 1. The lowest BCUT2D eigenvalue weighted by Gasteiger charge is -2.34. The minimum atomic E-state index is -4.24. The zero-order valence-electron chi connectivity index (χ0n) is 22.3. The Morgan fingerprint density at radius 2 is 1.65 bits per heavy atom. The number of carbonyl (C=O) groups excluding carboxylic acids is 2. The van der Waals surface area contributed by atoms with Crippen LogP contribution in [0.25, 0.3) is 0 Å². The summed E-state index contributed by atoms with van der Waals surface area (Å²) in [7, 11) is -0.0916. The summed E-state index contributed by atoms with van der Waals surface area (Å²) in [5.74, 6) is -1.14. The summed E-state index contributed by atoms with van der Waals surface area (Å²) in [6, 6.07) is 11.4. The second-order valence-electron chi connectivity index (χ2n) is 8.86. The predicted octanol–water partition coefficient (Wildman–Crippen LogP) is 3.17. The SMILES string of the molecule is CC[C@@H](C)NC(=O)[C@@H](CC)N(Cc1ccc(OC)cc1)C(=O)CN(c1ccccc1F)S(=O)(=O)N(C)C. The predicted molar refractivity (Wildman–Crippen MR) is 142 cm³/mol. The molecule has 0 fully saturated rings.